The normalized spacial score (nSPS) is 11.7. The highest BCUT2D eigenvalue weighted by molar-refractivity contribution is 7.27. The summed E-state index contributed by atoms with van der Waals surface area (Å²) in [5, 5.41) is 5.30. The van der Waals surface area contributed by atoms with Gasteiger partial charge in [0, 0.05) is 62.8 Å². The van der Waals surface area contributed by atoms with Crippen LogP contribution < -0.4 is 0 Å². The van der Waals surface area contributed by atoms with Gasteiger partial charge in [-0.15, -0.1) is 34.0 Å². The van der Waals surface area contributed by atoms with Crippen LogP contribution in [0.25, 0.3) is 83.7 Å². The Hall–Kier alpha value is -4.68. The average Bonchev–Trinajstić information content (AvgIpc) is 3.78. The van der Waals surface area contributed by atoms with Crippen molar-refractivity contribution in [3.05, 3.63) is 134 Å². The van der Waals surface area contributed by atoms with E-state index in [0.29, 0.717) is 0 Å². The molecule has 2 nitrogen and oxygen atoms in total. The topological polar surface area (TPSA) is 25.8 Å². The van der Waals surface area contributed by atoms with Gasteiger partial charge < -0.3 is 0 Å². The third-order valence-electron chi connectivity index (χ3n) is 8.01. The lowest BCUT2D eigenvalue weighted by Crippen LogP contribution is -1.81. The fourth-order valence-corrected chi connectivity index (χ4v) is 9.28. The first-order chi connectivity index (χ1) is 21.2. The lowest BCUT2D eigenvalue weighted by atomic mass is 10.1. The van der Waals surface area contributed by atoms with Gasteiger partial charge >= 0.3 is 0 Å². The molecule has 0 radical (unpaired) electrons. The molecule has 0 fully saturated rings. The number of rotatable bonds is 4. The molecule has 0 atom stereocenters. The summed E-state index contributed by atoms with van der Waals surface area (Å²) in [7, 11) is 0. The second kappa shape index (κ2) is 9.96. The highest BCUT2D eigenvalue weighted by Crippen LogP contribution is 2.44. The van der Waals surface area contributed by atoms with Crippen molar-refractivity contribution in [1.82, 2.24) is 9.97 Å². The molecule has 43 heavy (non-hydrogen) atoms. The first kappa shape index (κ1) is 24.9. The molecule has 0 aliphatic rings. The van der Waals surface area contributed by atoms with Crippen molar-refractivity contribution in [3.63, 3.8) is 0 Å². The second-order valence-corrected chi connectivity index (χ2v) is 13.9. The predicted molar refractivity (Wildman–Crippen MR) is 187 cm³/mol. The van der Waals surface area contributed by atoms with Crippen LogP contribution in [0, 0.1) is 0 Å². The predicted octanol–water partition coefficient (Wildman–Crippen LogP) is 11.9. The van der Waals surface area contributed by atoms with E-state index < -0.39 is 0 Å². The number of pyridine rings is 2. The van der Waals surface area contributed by atoms with Gasteiger partial charge in [0.15, 0.2) is 0 Å². The summed E-state index contributed by atoms with van der Waals surface area (Å²) in [5.74, 6) is 0. The standard InChI is InChI=1S/C38H22N2S3/c1-3-15-39-31(5-1)23-7-11-25(12-8-23)33-19-27-17-29-30-18-28-20-34(26-13-9-24(10-14-26)32-6-2-4-16-40-32)42-36(28)22-38(30)43-37(29)21-35(27)41-33/h1-22H. The molecule has 0 amide bonds. The van der Waals surface area contributed by atoms with Gasteiger partial charge in [0.1, 0.15) is 0 Å². The second-order valence-electron chi connectivity index (χ2n) is 10.7. The van der Waals surface area contributed by atoms with Crippen LogP contribution in [0.1, 0.15) is 0 Å². The van der Waals surface area contributed by atoms with Gasteiger partial charge in [-0.2, -0.15) is 0 Å². The van der Waals surface area contributed by atoms with E-state index in [0.717, 1.165) is 22.5 Å². The summed E-state index contributed by atoms with van der Waals surface area (Å²) in [5.41, 5.74) is 6.78. The van der Waals surface area contributed by atoms with E-state index in [1.807, 2.05) is 70.7 Å². The third kappa shape index (κ3) is 4.36. The van der Waals surface area contributed by atoms with Crippen LogP contribution in [0.4, 0.5) is 0 Å². The Morgan fingerprint density at radius 1 is 0.372 bits per heavy atom. The van der Waals surface area contributed by atoms with E-state index in [9.17, 15) is 0 Å². The van der Waals surface area contributed by atoms with E-state index in [4.69, 9.17) is 0 Å². The van der Waals surface area contributed by atoms with Crippen LogP contribution in [0.3, 0.4) is 0 Å². The molecule has 5 heterocycles. The molecule has 202 valence electrons. The number of hydrogen-bond acceptors (Lipinski definition) is 5. The third-order valence-corrected chi connectivity index (χ3v) is 11.4. The van der Waals surface area contributed by atoms with Crippen molar-refractivity contribution in [2.75, 3.05) is 0 Å². The van der Waals surface area contributed by atoms with Crippen LogP contribution >= 0.6 is 34.0 Å². The molecule has 0 saturated carbocycles. The van der Waals surface area contributed by atoms with E-state index in [1.54, 1.807) is 0 Å². The molecule has 9 rings (SSSR count). The number of fused-ring (bicyclic) bond motifs is 5. The average molecular weight is 603 g/mol. The summed E-state index contributed by atoms with van der Waals surface area (Å²) >= 11 is 5.64. The van der Waals surface area contributed by atoms with Crippen LogP contribution in [-0.2, 0) is 0 Å². The molecule has 0 saturated heterocycles. The van der Waals surface area contributed by atoms with Crippen molar-refractivity contribution in [2.24, 2.45) is 0 Å². The molecule has 0 spiro atoms. The molecular weight excluding hydrogens is 581 g/mol. The number of aromatic nitrogens is 2. The summed E-state index contributed by atoms with van der Waals surface area (Å²) in [6.45, 7) is 0. The number of thiophene rings is 3. The Kier molecular flexibility index (Phi) is 5.76. The fraction of sp³-hybridized carbons (Fsp3) is 0. The molecule has 9 aromatic rings. The number of nitrogens with zero attached hydrogens (tertiary/aromatic N) is 2. The van der Waals surface area contributed by atoms with Gasteiger partial charge in [0.05, 0.1) is 11.4 Å². The van der Waals surface area contributed by atoms with Crippen molar-refractivity contribution >= 4 is 74.4 Å². The first-order valence-corrected chi connectivity index (χ1v) is 16.6. The summed E-state index contributed by atoms with van der Waals surface area (Å²) in [6.07, 6.45) is 3.69. The fourth-order valence-electron chi connectivity index (χ4n) is 5.81. The Bertz CT molecular complexity index is 2240. The van der Waals surface area contributed by atoms with E-state index in [1.165, 1.54) is 61.2 Å². The van der Waals surface area contributed by atoms with Crippen LogP contribution in [0.15, 0.2) is 134 Å². The molecule has 0 unspecified atom stereocenters. The van der Waals surface area contributed by atoms with Crippen LogP contribution in [-0.4, -0.2) is 9.97 Å². The monoisotopic (exact) mass is 602 g/mol. The molecule has 0 aliphatic heterocycles. The van der Waals surface area contributed by atoms with Crippen molar-refractivity contribution in [3.8, 4) is 43.4 Å². The largest absolute Gasteiger partial charge is 0.256 e. The zero-order valence-electron chi connectivity index (χ0n) is 22.8. The Morgan fingerprint density at radius 3 is 1.23 bits per heavy atom. The summed E-state index contributed by atoms with van der Waals surface area (Å²) in [6, 6.07) is 43.8. The van der Waals surface area contributed by atoms with Gasteiger partial charge in [0.2, 0.25) is 0 Å². The maximum atomic E-state index is 4.49. The van der Waals surface area contributed by atoms with Gasteiger partial charge in [-0.05, 0) is 82.6 Å². The smallest absolute Gasteiger partial charge is 0.0701 e. The molecule has 0 bridgehead atoms. The Labute approximate surface area is 260 Å². The Balaban J connectivity index is 1.07. The summed E-state index contributed by atoms with van der Waals surface area (Å²) < 4.78 is 5.37. The maximum Gasteiger partial charge on any atom is 0.0701 e. The minimum atomic E-state index is 1.00. The zero-order valence-corrected chi connectivity index (χ0v) is 25.3. The molecule has 0 aliphatic carbocycles. The maximum absolute atomic E-state index is 4.49. The van der Waals surface area contributed by atoms with Crippen LogP contribution in [0.5, 0.6) is 0 Å². The highest BCUT2D eigenvalue weighted by Gasteiger charge is 2.13. The van der Waals surface area contributed by atoms with E-state index in [-0.39, 0.29) is 0 Å². The van der Waals surface area contributed by atoms with Gasteiger partial charge in [-0.3, -0.25) is 9.97 Å². The van der Waals surface area contributed by atoms with Crippen molar-refractivity contribution in [1.29, 1.82) is 0 Å². The molecular formula is C38H22N2S3. The van der Waals surface area contributed by atoms with Crippen LogP contribution in [0.2, 0.25) is 0 Å². The van der Waals surface area contributed by atoms with Gasteiger partial charge in [-0.25, -0.2) is 0 Å². The number of hydrogen-bond donors (Lipinski definition) is 0. The van der Waals surface area contributed by atoms with Gasteiger partial charge in [0.25, 0.3) is 0 Å². The van der Waals surface area contributed by atoms with Crippen molar-refractivity contribution < 1.29 is 0 Å². The van der Waals surface area contributed by atoms with Gasteiger partial charge in [-0.1, -0.05) is 60.7 Å². The zero-order chi connectivity index (χ0) is 28.3. The molecule has 4 aromatic carbocycles. The molecule has 5 heteroatoms. The van der Waals surface area contributed by atoms with Crippen molar-refractivity contribution in [2.45, 2.75) is 0 Å². The first-order valence-electron chi connectivity index (χ1n) is 14.1. The number of benzene rings is 4. The van der Waals surface area contributed by atoms with E-state index >= 15 is 0 Å². The lowest BCUT2D eigenvalue weighted by Gasteiger charge is -2.02. The lowest BCUT2D eigenvalue weighted by molar-refractivity contribution is 1.33. The molecule has 0 N–H and O–H groups in total. The SMILES string of the molecule is c1ccc(-c2ccc(-c3cc4cc5c(cc4s3)sc3cc4sc(-c6ccc(-c7ccccn7)cc6)cc4cc35)cc2)nc1. The molecule has 5 aromatic heterocycles. The Morgan fingerprint density at radius 2 is 0.814 bits per heavy atom. The summed E-state index contributed by atoms with van der Waals surface area (Å²) in [4.78, 5) is 11.6. The minimum absolute atomic E-state index is 1.00. The minimum Gasteiger partial charge on any atom is -0.256 e. The highest BCUT2D eigenvalue weighted by atomic mass is 32.1. The quantitative estimate of drug-likeness (QED) is 0.200. The van der Waals surface area contributed by atoms with E-state index in [2.05, 4.69) is 107 Å².